The predicted molar refractivity (Wildman–Crippen MR) is 109 cm³/mol. The van der Waals surface area contributed by atoms with Crippen molar-refractivity contribution in [1.29, 1.82) is 0 Å². The number of hydrogen-bond acceptors (Lipinski definition) is 6. The summed E-state index contributed by atoms with van der Waals surface area (Å²) in [6.45, 7) is 3.16. The van der Waals surface area contributed by atoms with Crippen LogP contribution in [-0.2, 0) is 24.2 Å². The fourth-order valence-corrected chi connectivity index (χ4v) is 5.85. The molecule has 2 aliphatic rings. The van der Waals surface area contributed by atoms with Crippen molar-refractivity contribution >= 4 is 21.7 Å². The van der Waals surface area contributed by atoms with Crippen LogP contribution < -0.4 is 4.74 Å². The van der Waals surface area contributed by atoms with Crippen LogP contribution in [0.25, 0.3) is 0 Å². The maximum Gasteiger partial charge on any atom is 0.344 e. The van der Waals surface area contributed by atoms with E-state index in [1.54, 1.807) is 4.90 Å². The number of sulfone groups is 1. The van der Waals surface area contributed by atoms with E-state index in [1.165, 1.54) is 0 Å². The minimum Gasteiger partial charge on any atom is -0.482 e. The zero-order valence-electron chi connectivity index (χ0n) is 17.1. The van der Waals surface area contributed by atoms with Gasteiger partial charge in [-0.05, 0) is 50.3 Å². The average Bonchev–Trinajstić information content (AvgIpc) is 3.31. The van der Waals surface area contributed by atoms with Crippen LogP contribution in [0.4, 0.5) is 0 Å². The Hall–Kier alpha value is -2.09. The highest BCUT2D eigenvalue weighted by Gasteiger charge is 2.39. The minimum atomic E-state index is -3.10. The molecule has 1 aliphatic heterocycles. The maximum absolute atomic E-state index is 12.8. The third kappa shape index (κ3) is 5.72. The number of hydrogen-bond donors (Lipinski definition) is 0. The van der Waals surface area contributed by atoms with E-state index in [1.807, 2.05) is 32.0 Å². The van der Waals surface area contributed by atoms with Crippen molar-refractivity contribution in [2.75, 3.05) is 24.7 Å². The van der Waals surface area contributed by atoms with Crippen molar-refractivity contribution in [1.82, 2.24) is 4.90 Å². The molecule has 1 saturated heterocycles. The van der Waals surface area contributed by atoms with E-state index >= 15 is 0 Å². The molecule has 8 heteroatoms. The van der Waals surface area contributed by atoms with E-state index in [9.17, 15) is 18.0 Å². The third-order valence-electron chi connectivity index (χ3n) is 5.65. The zero-order valence-corrected chi connectivity index (χ0v) is 17.9. The van der Waals surface area contributed by atoms with Crippen LogP contribution in [0.5, 0.6) is 5.75 Å². The van der Waals surface area contributed by atoms with Crippen LogP contribution in [0.3, 0.4) is 0 Å². The van der Waals surface area contributed by atoms with Crippen molar-refractivity contribution in [3.8, 4) is 5.75 Å². The van der Waals surface area contributed by atoms with Crippen molar-refractivity contribution < 1.29 is 27.5 Å². The molecule has 1 saturated carbocycles. The van der Waals surface area contributed by atoms with E-state index in [0.29, 0.717) is 12.2 Å². The quantitative estimate of drug-likeness (QED) is 0.625. The summed E-state index contributed by atoms with van der Waals surface area (Å²) in [5.41, 5.74) is 1.93. The summed E-state index contributed by atoms with van der Waals surface area (Å²) in [5, 5.41) is 0. The Morgan fingerprint density at radius 3 is 2.45 bits per heavy atom. The smallest absolute Gasteiger partial charge is 0.344 e. The molecule has 1 aliphatic carbocycles. The van der Waals surface area contributed by atoms with Gasteiger partial charge in [0, 0.05) is 12.1 Å². The molecule has 0 aromatic heterocycles. The van der Waals surface area contributed by atoms with Gasteiger partial charge in [-0.25, -0.2) is 13.2 Å². The van der Waals surface area contributed by atoms with Crippen LogP contribution in [0.1, 0.15) is 43.2 Å². The fourth-order valence-electron chi connectivity index (χ4n) is 4.14. The van der Waals surface area contributed by atoms with Crippen LogP contribution in [0.2, 0.25) is 0 Å². The first kappa shape index (κ1) is 21.6. The highest BCUT2D eigenvalue weighted by molar-refractivity contribution is 7.91. The van der Waals surface area contributed by atoms with Gasteiger partial charge in [0.15, 0.2) is 23.1 Å². The highest BCUT2D eigenvalue weighted by Crippen LogP contribution is 2.29. The highest BCUT2D eigenvalue weighted by atomic mass is 32.2. The summed E-state index contributed by atoms with van der Waals surface area (Å²) in [7, 11) is -3.10. The maximum atomic E-state index is 12.8. The molecule has 160 valence electrons. The first-order valence-electron chi connectivity index (χ1n) is 10.1. The molecule has 29 heavy (non-hydrogen) atoms. The number of ether oxygens (including phenoxy) is 2. The summed E-state index contributed by atoms with van der Waals surface area (Å²) in [5.74, 6) is -0.225. The van der Waals surface area contributed by atoms with Crippen LogP contribution >= 0.6 is 0 Å². The molecule has 1 atom stereocenters. The summed E-state index contributed by atoms with van der Waals surface area (Å²) in [6, 6.07) is 5.43. The molecule has 0 radical (unpaired) electrons. The monoisotopic (exact) mass is 423 g/mol. The molecule has 2 fully saturated rings. The number of benzene rings is 1. The summed E-state index contributed by atoms with van der Waals surface area (Å²) in [4.78, 5) is 26.6. The van der Waals surface area contributed by atoms with Crippen molar-refractivity contribution in [2.24, 2.45) is 0 Å². The SMILES string of the molecule is Cc1ccc(C)c(OCC(=O)OCC(=O)N(C2CCCC2)C2CCS(=O)(=O)C2)c1. The standard InChI is InChI=1S/C21H29NO6S/c1-15-7-8-16(2)19(11-15)27-13-21(24)28-12-20(23)22(17-5-3-4-6-17)18-9-10-29(25,26)14-18/h7-8,11,17-18H,3-6,9-10,12-14H2,1-2H3. The second-order valence-corrected chi connectivity index (χ2v) is 10.2. The van der Waals surface area contributed by atoms with E-state index in [2.05, 4.69) is 0 Å². The Balaban J connectivity index is 1.55. The first-order valence-corrected chi connectivity index (χ1v) is 11.9. The molecule has 1 heterocycles. The second-order valence-electron chi connectivity index (χ2n) is 8.01. The largest absolute Gasteiger partial charge is 0.482 e. The van der Waals surface area contributed by atoms with Gasteiger partial charge in [0.1, 0.15) is 5.75 Å². The van der Waals surface area contributed by atoms with Crippen molar-refractivity contribution in [2.45, 2.75) is 58.0 Å². The Kier molecular flexibility index (Phi) is 6.82. The van der Waals surface area contributed by atoms with Gasteiger partial charge in [0.05, 0.1) is 11.5 Å². The topological polar surface area (TPSA) is 90.0 Å². The molecule has 3 rings (SSSR count). The molecule has 1 amide bonds. The van der Waals surface area contributed by atoms with Crippen molar-refractivity contribution in [3.05, 3.63) is 29.3 Å². The third-order valence-corrected chi connectivity index (χ3v) is 7.40. The first-order chi connectivity index (χ1) is 13.7. The van der Waals surface area contributed by atoms with E-state index in [0.717, 1.165) is 36.8 Å². The van der Waals surface area contributed by atoms with Crippen LogP contribution in [0, 0.1) is 13.8 Å². The Morgan fingerprint density at radius 2 is 1.79 bits per heavy atom. The number of nitrogens with zero attached hydrogens (tertiary/aromatic N) is 1. The van der Waals surface area contributed by atoms with Gasteiger partial charge in [-0.2, -0.15) is 0 Å². The molecule has 1 unspecified atom stereocenters. The van der Waals surface area contributed by atoms with Gasteiger partial charge in [-0.15, -0.1) is 0 Å². The van der Waals surface area contributed by atoms with Gasteiger partial charge in [-0.1, -0.05) is 25.0 Å². The molecule has 7 nitrogen and oxygen atoms in total. The molecule has 0 N–H and O–H groups in total. The normalized spacial score (nSPS) is 21.1. The molecule has 1 aromatic rings. The van der Waals surface area contributed by atoms with Gasteiger partial charge < -0.3 is 14.4 Å². The van der Waals surface area contributed by atoms with Crippen LogP contribution in [-0.4, -0.2) is 62.0 Å². The Labute approximate surface area is 172 Å². The number of amides is 1. The average molecular weight is 424 g/mol. The predicted octanol–water partition coefficient (Wildman–Crippen LogP) is 2.18. The summed E-state index contributed by atoms with van der Waals surface area (Å²) < 4.78 is 34.4. The summed E-state index contributed by atoms with van der Waals surface area (Å²) in [6.07, 6.45) is 4.24. The van der Waals surface area contributed by atoms with Crippen molar-refractivity contribution in [3.63, 3.8) is 0 Å². The Morgan fingerprint density at radius 1 is 1.07 bits per heavy atom. The van der Waals surface area contributed by atoms with E-state index in [-0.39, 0.29) is 42.7 Å². The lowest BCUT2D eigenvalue weighted by atomic mass is 10.1. The Bertz CT molecular complexity index is 860. The van der Waals surface area contributed by atoms with Gasteiger partial charge in [0.25, 0.3) is 5.91 Å². The van der Waals surface area contributed by atoms with Crippen LogP contribution in [0.15, 0.2) is 18.2 Å². The number of esters is 1. The molecule has 1 aromatic carbocycles. The van der Waals surface area contributed by atoms with E-state index in [4.69, 9.17) is 9.47 Å². The number of aryl methyl sites for hydroxylation is 2. The number of carbonyl (C=O) groups is 2. The number of carbonyl (C=O) groups excluding carboxylic acids is 2. The van der Waals surface area contributed by atoms with E-state index < -0.39 is 15.8 Å². The molecule has 0 spiro atoms. The number of rotatable bonds is 7. The second kappa shape index (κ2) is 9.15. The minimum absolute atomic E-state index is 0.00106. The zero-order chi connectivity index (χ0) is 21.0. The lowest BCUT2D eigenvalue weighted by Gasteiger charge is -2.33. The lowest BCUT2D eigenvalue weighted by Crippen LogP contribution is -2.48. The molecular weight excluding hydrogens is 394 g/mol. The lowest BCUT2D eigenvalue weighted by molar-refractivity contribution is -0.155. The van der Waals surface area contributed by atoms with Gasteiger partial charge >= 0.3 is 5.97 Å². The summed E-state index contributed by atoms with van der Waals surface area (Å²) >= 11 is 0. The molecular formula is C21H29NO6S. The van der Waals surface area contributed by atoms with Gasteiger partial charge in [0.2, 0.25) is 0 Å². The fraction of sp³-hybridized carbons (Fsp3) is 0.619. The molecule has 0 bridgehead atoms. The van der Waals surface area contributed by atoms with Gasteiger partial charge in [-0.3, -0.25) is 4.79 Å².